The first kappa shape index (κ1) is 12.8. The van der Waals surface area contributed by atoms with Crippen molar-refractivity contribution in [1.82, 2.24) is 4.98 Å². The SMILES string of the molecule is CC(=O)Cc1ccc(Nc2nc3ccccc3s2)cc1. The predicted octanol–water partition coefficient (Wildman–Crippen LogP) is 4.17. The molecule has 0 bridgehead atoms. The van der Waals surface area contributed by atoms with Gasteiger partial charge in [0.15, 0.2) is 5.13 Å². The largest absolute Gasteiger partial charge is 0.332 e. The number of carbonyl (C=O) groups excluding carboxylic acids is 1. The second-order valence-corrected chi connectivity index (χ2v) is 5.72. The Hall–Kier alpha value is -2.20. The number of rotatable bonds is 4. The van der Waals surface area contributed by atoms with Crippen molar-refractivity contribution >= 4 is 38.2 Å². The van der Waals surface area contributed by atoms with Gasteiger partial charge < -0.3 is 5.32 Å². The lowest BCUT2D eigenvalue weighted by atomic mass is 10.1. The summed E-state index contributed by atoms with van der Waals surface area (Å²) in [7, 11) is 0. The van der Waals surface area contributed by atoms with Gasteiger partial charge in [-0.2, -0.15) is 0 Å². The molecule has 0 aliphatic heterocycles. The number of aromatic nitrogens is 1. The van der Waals surface area contributed by atoms with Crippen molar-refractivity contribution in [3.63, 3.8) is 0 Å². The molecule has 0 amide bonds. The number of nitrogens with one attached hydrogen (secondary N) is 1. The van der Waals surface area contributed by atoms with Crippen LogP contribution < -0.4 is 5.32 Å². The highest BCUT2D eigenvalue weighted by Gasteiger charge is 2.03. The molecule has 0 unspecified atom stereocenters. The zero-order valence-corrected chi connectivity index (χ0v) is 11.9. The van der Waals surface area contributed by atoms with Gasteiger partial charge in [0.05, 0.1) is 10.2 Å². The van der Waals surface area contributed by atoms with E-state index in [1.807, 2.05) is 42.5 Å². The van der Waals surface area contributed by atoms with Crippen LogP contribution in [0.2, 0.25) is 0 Å². The van der Waals surface area contributed by atoms with Crippen LogP contribution >= 0.6 is 11.3 Å². The zero-order chi connectivity index (χ0) is 13.9. The Morgan fingerprint density at radius 2 is 1.90 bits per heavy atom. The molecule has 3 nitrogen and oxygen atoms in total. The van der Waals surface area contributed by atoms with Gasteiger partial charge in [0.1, 0.15) is 5.78 Å². The molecule has 20 heavy (non-hydrogen) atoms. The van der Waals surface area contributed by atoms with Gasteiger partial charge in [-0.15, -0.1) is 0 Å². The van der Waals surface area contributed by atoms with Gasteiger partial charge in [-0.3, -0.25) is 4.79 Å². The molecule has 3 rings (SSSR count). The molecule has 0 saturated heterocycles. The topological polar surface area (TPSA) is 42.0 Å². The second-order valence-electron chi connectivity index (χ2n) is 4.69. The maximum absolute atomic E-state index is 11.1. The van der Waals surface area contributed by atoms with Gasteiger partial charge in [-0.25, -0.2) is 4.98 Å². The van der Waals surface area contributed by atoms with E-state index in [9.17, 15) is 4.79 Å². The summed E-state index contributed by atoms with van der Waals surface area (Å²) in [5.41, 5.74) is 3.02. The van der Waals surface area contributed by atoms with E-state index in [-0.39, 0.29) is 5.78 Å². The van der Waals surface area contributed by atoms with E-state index in [1.54, 1.807) is 18.3 Å². The second kappa shape index (κ2) is 5.43. The van der Waals surface area contributed by atoms with Crippen LogP contribution in [-0.2, 0) is 11.2 Å². The molecular weight excluding hydrogens is 268 g/mol. The van der Waals surface area contributed by atoms with Crippen molar-refractivity contribution in [2.45, 2.75) is 13.3 Å². The molecule has 1 heterocycles. The minimum absolute atomic E-state index is 0.178. The molecule has 1 N–H and O–H groups in total. The van der Waals surface area contributed by atoms with E-state index in [0.29, 0.717) is 6.42 Å². The molecule has 0 spiro atoms. The Kier molecular flexibility index (Phi) is 3.48. The third-order valence-electron chi connectivity index (χ3n) is 2.95. The van der Waals surface area contributed by atoms with Crippen LogP contribution in [0.5, 0.6) is 0 Å². The zero-order valence-electron chi connectivity index (χ0n) is 11.1. The maximum Gasteiger partial charge on any atom is 0.188 e. The van der Waals surface area contributed by atoms with Crippen LogP contribution in [0.3, 0.4) is 0 Å². The van der Waals surface area contributed by atoms with E-state index in [0.717, 1.165) is 21.9 Å². The molecule has 0 aliphatic rings. The number of hydrogen-bond donors (Lipinski definition) is 1. The number of ketones is 1. The first-order valence-electron chi connectivity index (χ1n) is 6.42. The molecular formula is C16H14N2OS. The van der Waals surface area contributed by atoms with E-state index >= 15 is 0 Å². The van der Waals surface area contributed by atoms with E-state index in [1.165, 1.54) is 4.70 Å². The lowest BCUT2D eigenvalue weighted by Gasteiger charge is -2.03. The van der Waals surface area contributed by atoms with E-state index < -0.39 is 0 Å². The highest BCUT2D eigenvalue weighted by molar-refractivity contribution is 7.22. The van der Waals surface area contributed by atoms with Crippen LogP contribution in [0.1, 0.15) is 12.5 Å². The smallest absolute Gasteiger partial charge is 0.188 e. The maximum atomic E-state index is 11.1. The molecule has 0 radical (unpaired) electrons. The summed E-state index contributed by atoms with van der Waals surface area (Å²) in [5.74, 6) is 0.178. The highest BCUT2D eigenvalue weighted by atomic mass is 32.1. The third kappa shape index (κ3) is 2.86. The molecule has 0 aliphatic carbocycles. The van der Waals surface area contributed by atoms with Crippen LogP contribution in [0.15, 0.2) is 48.5 Å². The van der Waals surface area contributed by atoms with Gasteiger partial charge in [0.2, 0.25) is 0 Å². The number of para-hydroxylation sites is 1. The molecule has 0 atom stereocenters. The Bertz CT molecular complexity index is 714. The van der Waals surface area contributed by atoms with Crippen LogP contribution in [0, 0.1) is 0 Å². The van der Waals surface area contributed by atoms with Gasteiger partial charge in [-0.1, -0.05) is 35.6 Å². The van der Waals surface area contributed by atoms with Crippen LogP contribution in [0.4, 0.5) is 10.8 Å². The van der Waals surface area contributed by atoms with Crippen molar-refractivity contribution in [2.24, 2.45) is 0 Å². The summed E-state index contributed by atoms with van der Waals surface area (Å²) in [6.07, 6.45) is 0.488. The molecule has 4 heteroatoms. The van der Waals surface area contributed by atoms with Gasteiger partial charge in [-0.05, 0) is 36.8 Å². The summed E-state index contributed by atoms with van der Waals surface area (Å²) in [6, 6.07) is 16.0. The van der Waals surface area contributed by atoms with Crippen molar-refractivity contribution in [3.8, 4) is 0 Å². The fourth-order valence-corrected chi connectivity index (χ4v) is 2.93. The Morgan fingerprint density at radius 3 is 2.60 bits per heavy atom. The standard InChI is InChI=1S/C16H14N2OS/c1-11(19)10-12-6-8-13(9-7-12)17-16-18-14-4-2-3-5-15(14)20-16/h2-9H,10H2,1H3,(H,17,18). The van der Waals surface area contributed by atoms with Gasteiger partial charge in [0.25, 0.3) is 0 Å². The summed E-state index contributed by atoms with van der Waals surface area (Å²) in [6.45, 7) is 1.60. The average Bonchev–Trinajstić information content (AvgIpc) is 2.82. The van der Waals surface area contributed by atoms with E-state index in [2.05, 4.69) is 16.4 Å². The number of carbonyl (C=O) groups is 1. The van der Waals surface area contributed by atoms with Gasteiger partial charge in [0, 0.05) is 12.1 Å². The fraction of sp³-hybridized carbons (Fsp3) is 0.125. The Labute approximate surface area is 121 Å². The minimum atomic E-state index is 0.178. The van der Waals surface area contributed by atoms with Crippen LogP contribution in [-0.4, -0.2) is 10.8 Å². The predicted molar refractivity (Wildman–Crippen MR) is 83.7 cm³/mol. The molecule has 1 aromatic heterocycles. The van der Waals surface area contributed by atoms with Crippen molar-refractivity contribution < 1.29 is 4.79 Å². The molecule has 100 valence electrons. The Balaban J connectivity index is 1.78. The first-order valence-corrected chi connectivity index (χ1v) is 7.23. The quantitative estimate of drug-likeness (QED) is 0.781. The number of hydrogen-bond acceptors (Lipinski definition) is 4. The van der Waals surface area contributed by atoms with Crippen molar-refractivity contribution in [3.05, 3.63) is 54.1 Å². The monoisotopic (exact) mass is 282 g/mol. The number of anilines is 2. The number of Topliss-reactive ketones (excluding diaryl/α,β-unsaturated/α-hetero) is 1. The number of benzene rings is 2. The normalized spacial score (nSPS) is 10.7. The summed E-state index contributed by atoms with van der Waals surface area (Å²) < 4.78 is 1.17. The lowest BCUT2D eigenvalue weighted by Crippen LogP contribution is -1.96. The Morgan fingerprint density at radius 1 is 1.15 bits per heavy atom. The fourth-order valence-electron chi connectivity index (χ4n) is 2.04. The summed E-state index contributed by atoms with van der Waals surface area (Å²) in [5, 5.41) is 4.18. The number of thiazole rings is 1. The molecule has 3 aromatic rings. The van der Waals surface area contributed by atoms with E-state index in [4.69, 9.17) is 0 Å². The first-order chi connectivity index (χ1) is 9.70. The van der Waals surface area contributed by atoms with Crippen molar-refractivity contribution in [1.29, 1.82) is 0 Å². The number of nitrogens with zero attached hydrogens (tertiary/aromatic N) is 1. The highest BCUT2D eigenvalue weighted by Crippen LogP contribution is 2.28. The number of fused-ring (bicyclic) bond motifs is 1. The van der Waals surface area contributed by atoms with Crippen molar-refractivity contribution in [2.75, 3.05) is 5.32 Å². The summed E-state index contributed by atoms with van der Waals surface area (Å²) in [4.78, 5) is 15.6. The third-order valence-corrected chi connectivity index (χ3v) is 3.90. The minimum Gasteiger partial charge on any atom is -0.332 e. The average molecular weight is 282 g/mol. The molecule has 0 fully saturated rings. The molecule has 0 saturated carbocycles. The molecule has 2 aromatic carbocycles. The lowest BCUT2D eigenvalue weighted by molar-refractivity contribution is -0.116. The van der Waals surface area contributed by atoms with Crippen LogP contribution in [0.25, 0.3) is 10.2 Å². The summed E-state index contributed by atoms with van der Waals surface area (Å²) >= 11 is 1.63. The van der Waals surface area contributed by atoms with Gasteiger partial charge >= 0.3 is 0 Å².